The number of amides is 2. The summed E-state index contributed by atoms with van der Waals surface area (Å²) in [6.45, 7) is 1.99. The summed E-state index contributed by atoms with van der Waals surface area (Å²) in [5, 5.41) is 0.543. The van der Waals surface area contributed by atoms with Crippen LogP contribution in [0.25, 0.3) is 0 Å². The molecule has 0 unspecified atom stereocenters. The fourth-order valence-electron chi connectivity index (χ4n) is 2.61. The number of benzene rings is 2. The van der Waals surface area contributed by atoms with Gasteiger partial charge in [-0.05, 0) is 29.7 Å². The molecule has 5 nitrogen and oxygen atoms in total. The summed E-state index contributed by atoms with van der Waals surface area (Å²) in [4.78, 5) is 41.4. The van der Waals surface area contributed by atoms with Crippen molar-refractivity contribution in [3.05, 3.63) is 70.8 Å². The van der Waals surface area contributed by atoms with Crippen molar-refractivity contribution in [1.82, 2.24) is 5.06 Å². The van der Waals surface area contributed by atoms with Crippen LogP contribution < -0.4 is 0 Å². The minimum absolute atomic E-state index is 0.0113. The largest absolute Gasteiger partial charge is 0.337 e. The number of carbonyl (C=O) groups excluding carboxylic acids is 3. The summed E-state index contributed by atoms with van der Waals surface area (Å²) in [5.41, 5.74) is 2.36. The minimum Gasteiger partial charge on any atom is -0.329 e. The summed E-state index contributed by atoms with van der Waals surface area (Å²) in [7, 11) is 0. The van der Waals surface area contributed by atoms with Gasteiger partial charge in [0.05, 0.1) is 17.5 Å². The Hall–Kier alpha value is -2.95. The first-order valence-electron chi connectivity index (χ1n) is 7.37. The van der Waals surface area contributed by atoms with E-state index in [4.69, 9.17) is 4.84 Å². The fourth-order valence-corrected chi connectivity index (χ4v) is 2.61. The van der Waals surface area contributed by atoms with E-state index in [9.17, 15) is 14.4 Å². The molecule has 1 aliphatic heterocycles. The zero-order valence-corrected chi connectivity index (χ0v) is 12.6. The average Bonchev–Trinajstić information content (AvgIpc) is 2.81. The number of hydrogen-bond acceptors (Lipinski definition) is 4. The lowest BCUT2D eigenvalue weighted by Crippen LogP contribution is -2.33. The van der Waals surface area contributed by atoms with Crippen LogP contribution in [0.2, 0.25) is 0 Å². The van der Waals surface area contributed by atoms with Crippen LogP contribution in [0.5, 0.6) is 0 Å². The SMILES string of the molecule is CCc1ccccc1CC(=O)ON1C(=O)c2ccccc2C1=O. The number of nitrogens with zero attached hydrogens (tertiary/aromatic N) is 1. The Morgan fingerprint density at radius 2 is 1.43 bits per heavy atom. The third kappa shape index (κ3) is 2.73. The van der Waals surface area contributed by atoms with Crippen LogP contribution in [0.4, 0.5) is 0 Å². The van der Waals surface area contributed by atoms with Gasteiger partial charge in [-0.25, -0.2) is 4.79 Å². The molecule has 0 bridgehead atoms. The second-order valence-corrected chi connectivity index (χ2v) is 5.21. The Morgan fingerprint density at radius 3 is 2.00 bits per heavy atom. The molecule has 0 saturated heterocycles. The Balaban J connectivity index is 1.74. The Bertz CT molecular complexity index is 762. The highest BCUT2D eigenvalue weighted by atomic mass is 16.7. The number of imide groups is 1. The lowest BCUT2D eigenvalue weighted by Gasteiger charge is -2.13. The van der Waals surface area contributed by atoms with Crippen molar-refractivity contribution in [3.8, 4) is 0 Å². The van der Waals surface area contributed by atoms with Gasteiger partial charge < -0.3 is 4.84 Å². The predicted molar refractivity (Wildman–Crippen MR) is 82.6 cm³/mol. The molecule has 1 aliphatic rings. The molecule has 2 aromatic rings. The number of carbonyl (C=O) groups is 3. The second-order valence-electron chi connectivity index (χ2n) is 5.21. The Labute approximate surface area is 133 Å². The molecule has 0 saturated carbocycles. The molecule has 0 spiro atoms. The van der Waals surface area contributed by atoms with Gasteiger partial charge in [-0.1, -0.05) is 48.4 Å². The maximum Gasteiger partial charge on any atom is 0.337 e. The maximum atomic E-state index is 12.1. The first-order chi connectivity index (χ1) is 11.1. The van der Waals surface area contributed by atoms with Gasteiger partial charge in [0, 0.05) is 0 Å². The lowest BCUT2D eigenvalue weighted by atomic mass is 10.0. The van der Waals surface area contributed by atoms with Gasteiger partial charge in [0.1, 0.15) is 0 Å². The monoisotopic (exact) mass is 309 g/mol. The number of rotatable bonds is 4. The zero-order valence-electron chi connectivity index (χ0n) is 12.6. The number of hydroxylamine groups is 2. The van der Waals surface area contributed by atoms with Crippen molar-refractivity contribution in [3.63, 3.8) is 0 Å². The summed E-state index contributed by atoms with van der Waals surface area (Å²) < 4.78 is 0. The van der Waals surface area contributed by atoms with E-state index in [-0.39, 0.29) is 17.5 Å². The minimum atomic E-state index is -0.639. The Morgan fingerprint density at radius 1 is 0.913 bits per heavy atom. The van der Waals surface area contributed by atoms with Crippen LogP contribution in [-0.2, 0) is 22.5 Å². The van der Waals surface area contributed by atoms with Crippen LogP contribution in [-0.4, -0.2) is 22.8 Å². The van der Waals surface area contributed by atoms with E-state index >= 15 is 0 Å². The van der Waals surface area contributed by atoms with E-state index in [2.05, 4.69) is 0 Å². The van der Waals surface area contributed by atoms with Gasteiger partial charge in [0.15, 0.2) is 0 Å². The molecular weight excluding hydrogens is 294 g/mol. The van der Waals surface area contributed by atoms with Crippen molar-refractivity contribution < 1.29 is 19.2 Å². The van der Waals surface area contributed by atoms with E-state index in [0.717, 1.165) is 17.5 Å². The molecule has 23 heavy (non-hydrogen) atoms. The molecule has 0 aromatic heterocycles. The van der Waals surface area contributed by atoms with Crippen molar-refractivity contribution in [1.29, 1.82) is 0 Å². The van der Waals surface area contributed by atoms with Gasteiger partial charge in [-0.3, -0.25) is 9.59 Å². The van der Waals surface area contributed by atoms with Crippen LogP contribution >= 0.6 is 0 Å². The van der Waals surface area contributed by atoms with E-state index in [1.165, 1.54) is 12.1 Å². The molecule has 116 valence electrons. The first-order valence-corrected chi connectivity index (χ1v) is 7.37. The summed E-state index contributed by atoms with van der Waals surface area (Å²) in [5.74, 6) is -1.86. The number of hydrogen-bond donors (Lipinski definition) is 0. The smallest absolute Gasteiger partial charge is 0.329 e. The average molecular weight is 309 g/mol. The van der Waals surface area contributed by atoms with Crippen molar-refractivity contribution in [2.75, 3.05) is 0 Å². The summed E-state index contributed by atoms with van der Waals surface area (Å²) in [6, 6.07) is 13.9. The molecule has 5 heteroatoms. The molecule has 1 heterocycles. The normalized spacial score (nSPS) is 13.2. The quantitative estimate of drug-likeness (QED) is 0.814. The van der Waals surface area contributed by atoms with E-state index in [0.29, 0.717) is 5.06 Å². The highest BCUT2D eigenvalue weighted by molar-refractivity contribution is 6.20. The number of fused-ring (bicyclic) bond motifs is 1. The highest BCUT2D eigenvalue weighted by Gasteiger charge is 2.38. The van der Waals surface area contributed by atoms with E-state index < -0.39 is 17.8 Å². The third-order valence-electron chi connectivity index (χ3n) is 3.78. The predicted octanol–water partition coefficient (Wildman–Crippen LogP) is 2.55. The number of aryl methyl sites for hydroxylation is 1. The second kappa shape index (κ2) is 6.04. The van der Waals surface area contributed by atoms with Gasteiger partial charge in [0.25, 0.3) is 11.8 Å². The van der Waals surface area contributed by atoms with Gasteiger partial charge in [0.2, 0.25) is 0 Å². The fraction of sp³-hybridized carbons (Fsp3) is 0.167. The van der Waals surface area contributed by atoms with Crippen LogP contribution in [0.1, 0.15) is 38.8 Å². The molecule has 2 amide bonds. The van der Waals surface area contributed by atoms with Gasteiger partial charge in [-0.15, -0.1) is 0 Å². The molecule has 0 aliphatic carbocycles. The van der Waals surface area contributed by atoms with Crippen LogP contribution in [0.3, 0.4) is 0 Å². The van der Waals surface area contributed by atoms with Crippen LogP contribution in [0.15, 0.2) is 48.5 Å². The van der Waals surface area contributed by atoms with E-state index in [1.807, 2.05) is 31.2 Å². The van der Waals surface area contributed by atoms with Crippen LogP contribution in [0, 0.1) is 0 Å². The maximum absolute atomic E-state index is 12.1. The van der Waals surface area contributed by atoms with E-state index in [1.54, 1.807) is 12.1 Å². The molecule has 0 fully saturated rings. The van der Waals surface area contributed by atoms with Crippen molar-refractivity contribution >= 4 is 17.8 Å². The molecule has 3 rings (SSSR count). The van der Waals surface area contributed by atoms with Gasteiger partial charge in [-0.2, -0.15) is 0 Å². The molecule has 0 atom stereocenters. The standard InChI is InChI=1S/C18H15NO4/c1-2-12-7-3-4-8-13(12)11-16(20)23-19-17(21)14-9-5-6-10-15(14)18(19)22/h3-10H,2,11H2,1H3. The molecule has 0 radical (unpaired) electrons. The lowest BCUT2D eigenvalue weighted by molar-refractivity contribution is -0.167. The molecular formula is C18H15NO4. The summed E-state index contributed by atoms with van der Waals surface area (Å²) in [6.07, 6.45) is 0.799. The highest BCUT2D eigenvalue weighted by Crippen LogP contribution is 2.23. The zero-order chi connectivity index (χ0) is 16.4. The van der Waals surface area contributed by atoms with Crippen molar-refractivity contribution in [2.45, 2.75) is 19.8 Å². The molecule has 0 N–H and O–H groups in total. The summed E-state index contributed by atoms with van der Waals surface area (Å²) >= 11 is 0. The molecule has 2 aromatic carbocycles. The first kappa shape index (κ1) is 15.0. The van der Waals surface area contributed by atoms with Gasteiger partial charge >= 0.3 is 5.97 Å². The topological polar surface area (TPSA) is 63.7 Å². The van der Waals surface area contributed by atoms with Crippen molar-refractivity contribution in [2.24, 2.45) is 0 Å². The Kier molecular flexibility index (Phi) is 3.93. The third-order valence-corrected chi connectivity index (χ3v) is 3.78.